The van der Waals surface area contributed by atoms with Crippen molar-refractivity contribution in [1.29, 1.82) is 0 Å². The Balaban J connectivity index is 1.60. The summed E-state index contributed by atoms with van der Waals surface area (Å²) in [6.07, 6.45) is 0. The molecule has 0 unspecified atom stereocenters. The molecule has 178 valence electrons. The molecule has 0 aliphatic carbocycles. The van der Waals surface area contributed by atoms with E-state index in [9.17, 15) is 14.3 Å². The summed E-state index contributed by atoms with van der Waals surface area (Å²) in [6.45, 7) is -0.541. The molecule has 35 heavy (non-hydrogen) atoms. The molecule has 0 atom stereocenters. The highest BCUT2D eigenvalue weighted by Crippen LogP contribution is 2.42. The lowest BCUT2D eigenvalue weighted by molar-refractivity contribution is -0.134. The molecule has 4 aromatic rings. The van der Waals surface area contributed by atoms with E-state index in [1.807, 2.05) is 30.3 Å². The zero-order valence-corrected chi connectivity index (χ0v) is 19.3. The van der Waals surface area contributed by atoms with Gasteiger partial charge in [0.1, 0.15) is 39.6 Å². The van der Waals surface area contributed by atoms with Gasteiger partial charge in [-0.05, 0) is 48.0 Å². The molecule has 10 heteroatoms. The van der Waals surface area contributed by atoms with Gasteiger partial charge >= 0.3 is 5.97 Å². The number of halogens is 3. The second-order valence-corrected chi connectivity index (χ2v) is 7.93. The lowest BCUT2D eigenvalue weighted by atomic mass is 10.0. The number of carbonyl (C=O) groups is 1. The average molecular weight is 515 g/mol. The largest absolute Gasteiger partial charge is 0.507 e. The summed E-state index contributed by atoms with van der Waals surface area (Å²) in [6, 6.07) is 20.7. The van der Waals surface area contributed by atoms with Crippen molar-refractivity contribution in [3.05, 3.63) is 88.8 Å². The molecule has 1 heterocycles. The number of pyridine rings is 1. The van der Waals surface area contributed by atoms with E-state index in [2.05, 4.69) is 10.3 Å². The van der Waals surface area contributed by atoms with Crippen molar-refractivity contribution in [3.8, 4) is 39.9 Å². The van der Waals surface area contributed by atoms with Gasteiger partial charge in [-0.3, -0.25) is 4.79 Å². The van der Waals surface area contributed by atoms with Crippen LogP contribution in [0.1, 0.15) is 0 Å². The fraction of sp³-hybridized carbons (Fsp3) is 0.0400. The number of para-hydroxylation sites is 1. The number of phenolic OH excluding ortho intramolecular Hbond substituents is 1. The summed E-state index contributed by atoms with van der Waals surface area (Å²) in [5.41, 5.74) is 1.09. The number of aromatic hydroxyl groups is 1. The lowest BCUT2D eigenvalue weighted by Gasteiger charge is -2.15. The van der Waals surface area contributed by atoms with E-state index < -0.39 is 23.5 Å². The molecule has 3 N–H and O–H groups in total. The summed E-state index contributed by atoms with van der Waals surface area (Å²) in [5, 5.41) is 21.0. The number of phenols is 1. The quantitative estimate of drug-likeness (QED) is 0.218. The Morgan fingerprint density at radius 3 is 2.26 bits per heavy atom. The second kappa shape index (κ2) is 10.5. The van der Waals surface area contributed by atoms with Crippen molar-refractivity contribution in [2.24, 2.45) is 0 Å². The molecule has 0 saturated carbocycles. The fourth-order valence-corrected chi connectivity index (χ4v) is 3.58. The van der Waals surface area contributed by atoms with Gasteiger partial charge in [0.05, 0.1) is 0 Å². The van der Waals surface area contributed by atoms with Crippen molar-refractivity contribution >= 4 is 35.0 Å². The molecular formula is C25H17Cl2FN2O5. The van der Waals surface area contributed by atoms with E-state index >= 15 is 0 Å². The monoisotopic (exact) mass is 514 g/mol. The van der Waals surface area contributed by atoms with E-state index in [4.69, 9.17) is 37.8 Å². The number of hydrogen-bond donors (Lipinski definition) is 3. The first-order chi connectivity index (χ1) is 16.8. The summed E-state index contributed by atoms with van der Waals surface area (Å²) in [5.74, 6) is -1.29. The third kappa shape index (κ3) is 5.74. The Morgan fingerprint density at radius 2 is 1.57 bits per heavy atom. The van der Waals surface area contributed by atoms with Crippen LogP contribution in [-0.2, 0) is 4.79 Å². The molecule has 4 rings (SSSR count). The SMILES string of the molecule is O=C(O)CNc1nc(F)c(Cl)c(Oc2ccc(O)c(-c3ccc(Oc4ccccc4)cc3)c2)c1Cl. The first-order valence-electron chi connectivity index (χ1n) is 10.2. The van der Waals surface area contributed by atoms with E-state index in [0.717, 1.165) is 0 Å². The van der Waals surface area contributed by atoms with Crippen LogP contribution in [0, 0.1) is 5.95 Å². The number of ether oxygens (including phenoxy) is 2. The van der Waals surface area contributed by atoms with E-state index in [0.29, 0.717) is 22.6 Å². The molecule has 0 spiro atoms. The van der Waals surface area contributed by atoms with Crippen LogP contribution in [0.5, 0.6) is 28.7 Å². The van der Waals surface area contributed by atoms with Crippen molar-refractivity contribution in [2.45, 2.75) is 0 Å². The van der Waals surface area contributed by atoms with Gasteiger partial charge in [-0.1, -0.05) is 53.5 Å². The van der Waals surface area contributed by atoms with Crippen LogP contribution in [0.15, 0.2) is 72.8 Å². The Bertz CT molecular complexity index is 1370. The highest BCUT2D eigenvalue weighted by Gasteiger charge is 2.21. The molecule has 0 fully saturated rings. The first-order valence-corrected chi connectivity index (χ1v) is 10.9. The fourth-order valence-electron chi connectivity index (χ4n) is 3.11. The van der Waals surface area contributed by atoms with Crippen LogP contribution in [0.25, 0.3) is 11.1 Å². The molecule has 0 aliphatic rings. The van der Waals surface area contributed by atoms with Crippen LogP contribution in [0.4, 0.5) is 10.2 Å². The van der Waals surface area contributed by atoms with Crippen LogP contribution in [0.2, 0.25) is 10.0 Å². The van der Waals surface area contributed by atoms with Crippen molar-refractivity contribution in [1.82, 2.24) is 4.98 Å². The number of rotatable bonds is 8. The Hall–Kier alpha value is -4.01. The molecule has 0 radical (unpaired) electrons. The normalized spacial score (nSPS) is 10.6. The van der Waals surface area contributed by atoms with Gasteiger partial charge in [0.2, 0.25) is 5.95 Å². The van der Waals surface area contributed by atoms with Gasteiger partial charge in [-0.2, -0.15) is 9.37 Å². The van der Waals surface area contributed by atoms with Crippen LogP contribution < -0.4 is 14.8 Å². The standard InChI is InChI=1S/C25H17Cl2FN2O5/c26-21-23(22(27)25(30-24(21)28)29-13-20(32)33)35-17-10-11-19(31)18(12-17)14-6-8-16(9-7-14)34-15-4-2-1-3-5-15/h1-12,31H,13H2,(H,29,30)(H,32,33). The molecule has 1 aromatic heterocycles. The van der Waals surface area contributed by atoms with E-state index in [-0.39, 0.29) is 28.1 Å². The average Bonchev–Trinajstić information content (AvgIpc) is 2.85. The minimum Gasteiger partial charge on any atom is -0.507 e. The number of benzene rings is 3. The summed E-state index contributed by atoms with van der Waals surface area (Å²) in [7, 11) is 0. The highest BCUT2D eigenvalue weighted by atomic mass is 35.5. The minimum atomic E-state index is -1.19. The first kappa shape index (κ1) is 24.1. The Kier molecular flexibility index (Phi) is 7.24. The van der Waals surface area contributed by atoms with Gasteiger partial charge < -0.3 is 25.0 Å². The molecular weight excluding hydrogens is 498 g/mol. The third-order valence-corrected chi connectivity index (χ3v) is 5.42. The number of hydrogen-bond acceptors (Lipinski definition) is 6. The molecule has 0 saturated heterocycles. The topological polar surface area (TPSA) is 101 Å². The summed E-state index contributed by atoms with van der Waals surface area (Å²) >= 11 is 12.2. The van der Waals surface area contributed by atoms with Gasteiger partial charge in [-0.25, -0.2) is 0 Å². The van der Waals surface area contributed by atoms with Gasteiger partial charge in [-0.15, -0.1) is 0 Å². The molecule has 7 nitrogen and oxygen atoms in total. The molecule has 3 aromatic carbocycles. The third-order valence-electron chi connectivity index (χ3n) is 4.74. The maximum Gasteiger partial charge on any atom is 0.322 e. The molecule has 0 bridgehead atoms. The number of carboxylic acid groups (broad SMARTS) is 1. The molecule has 0 aliphatic heterocycles. The maximum absolute atomic E-state index is 14.2. The van der Waals surface area contributed by atoms with Crippen LogP contribution in [0.3, 0.4) is 0 Å². The number of carboxylic acids is 1. The molecule has 0 amide bonds. The van der Waals surface area contributed by atoms with Gasteiger partial charge in [0.25, 0.3) is 0 Å². The van der Waals surface area contributed by atoms with Gasteiger partial charge in [0.15, 0.2) is 11.6 Å². The van der Waals surface area contributed by atoms with Crippen LogP contribution >= 0.6 is 23.2 Å². The summed E-state index contributed by atoms with van der Waals surface area (Å²) < 4.78 is 25.7. The van der Waals surface area contributed by atoms with Crippen LogP contribution in [-0.4, -0.2) is 27.7 Å². The van der Waals surface area contributed by atoms with Crippen molar-refractivity contribution in [3.63, 3.8) is 0 Å². The maximum atomic E-state index is 14.2. The number of aliphatic carboxylic acids is 1. The smallest absolute Gasteiger partial charge is 0.322 e. The number of nitrogens with zero attached hydrogens (tertiary/aromatic N) is 1. The Labute approximate surface area is 209 Å². The number of aromatic nitrogens is 1. The van der Waals surface area contributed by atoms with Crippen molar-refractivity contribution in [2.75, 3.05) is 11.9 Å². The second-order valence-electron chi connectivity index (χ2n) is 7.18. The summed E-state index contributed by atoms with van der Waals surface area (Å²) in [4.78, 5) is 14.3. The van der Waals surface area contributed by atoms with Crippen molar-refractivity contribution < 1.29 is 28.9 Å². The van der Waals surface area contributed by atoms with E-state index in [1.165, 1.54) is 18.2 Å². The zero-order valence-electron chi connectivity index (χ0n) is 17.8. The van der Waals surface area contributed by atoms with Gasteiger partial charge in [0, 0.05) is 5.56 Å². The predicted octanol–water partition coefficient (Wildman–Crippen LogP) is 6.98. The van der Waals surface area contributed by atoms with E-state index in [1.54, 1.807) is 24.3 Å². The zero-order chi connectivity index (χ0) is 24.9. The number of nitrogens with one attached hydrogen (secondary N) is 1. The minimum absolute atomic E-state index is 0.0176. The lowest BCUT2D eigenvalue weighted by Crippen LogP contribution is -2.14. The number of anilines is 1. The predicted molar refractivity (Wildman–Crippen MR) is 130 cm³/mol. The Morgan fingerprint density at radius 1 is 0.914 bits per heavy atom. The highest BCUT2D eigenvalue weighted by molar-refractivity contribution is 6.38.